The molecule has 1 N–H and O–H groups in total. The average Bonchev–Trinajstić information content (AvgIpc) is 2.35. The van der Waals surface area contributed by atoms with Crippen LogP contribution in [0.4, 0.5) is 24.7 Å². The maximum atomic E-state index is 12.8. The summed E-state index contributed by atoms with van der Waals surface area (Å²) < 4.78 is 38.5. The summed E-state index contributed by atoms with van der Waals surface area (Å²) in [5, 5.41) is 2.85. The Morgan fingerprint density at radius 3 is 2.50 bits per heavy atom. The van der Waals surface area contributed by atoms with Crippen LogP contribution < -0.4 is 5.32 Å². The molecule has 1 aromatic carbocycles. The first-order chi connectivity index (χ1) is 9.27. The number of alkyl halides is 3. The molecule has 0 amide bonds. The van der Waals surface area contributed by atoms with Crippen LogP contribution in [0, 0.1) is 13.8 Å². The van der Waals surface area contributed by atoms with E-state index in [-0.39, 0.29) is 10.8 Å². The molecule has 106 valence electrons. The van der Waals surface area contributed by atoms with Crippen molar-refractivity contribution in [2.24, 2.45) is 0 Å². The van der Waals surface area contributed by atoms with E-state index in [4.69, 9.17) is 11.6 Å². The zero-order valence-corrected chi connectivity index (χ0v) is 11.5. The number of nitrogens with one attached hydrogen (secondary N) is 1. The molecule has 3 nitrogen and oxygen atoms in total. The molecule has 0 spiro atoms. The lowest BCUT2D eigenvalue weighted by atomic mass is 10.1. The molecule has 0 aliphatic rings. The maximum absolute atomic E-state index is 12.8. The molecule has 20 heavy (non-hydrogen) atoms. The summed E-state index contributed by atoms with van der Waals surface area (Å²) in [6.45, 7) is 3.15. The number of hydrogen-bond donors (Lipinski definition) is 1. The van der Waals surface area contributed by atoms with E-state index < -0.39 is 11.7 Å². The van der Waals surface area contributed by atoms with E-state index in [1.54, 1.807) is 13.0 Å². The van der Waals surface area contributed by atoms with Crippen molar-refractivity contribution < 1.29 is 13.2 Å². The number of nitrogens with zero attached hydrogens (tertiary/aromatic N) is 2. The van der Waals surface area contributed by atoms with Gasteiger partial charge in [-0.2, -0.15) is 13.2 Å². The average molecular weight is 302 g/mol. The molecule has 7 heteroatoms. The van der Waals surface area contributed by atoms with Gasteiger partial charge in [0.25, 0.3) is 0 Å². The second-order valence-corrected chi connectivity index (χ2v) is 4.66. The number of aryl methyl sites for hydroxylation is 2. The van der Waals surface area contributed by atoms with Gasteiger partial charge in [0.2, 0.25) is 5.28 Å². The van der Waals surface area contributed by atoms with Crippen LogP contribution in [-0.2, 0) is 6.18 Å². The highest BCUT2D eigenvalue weighted by atomic mass is 35.5. The third kappa shape index (κ3) is 3.19. The molecule has 0 bridgehead atoms. The van der Waals surface area contributed by atoms with Gasteiger partial charge in [-0.15, -0.1) is 0 Å². The molecule has 0 saturated carbocycles. The number of benzene rings is 1. The minimum atomic E-state index is -4.39. The van der Waals surface area contributed by atoms with Crippen LogP contribution in [0.2, 0.25) is 5.28 Å². The summed E-state index contributed by atoms with van der Waals surface area (Å²) in [7, 11) is 0. The van der Waals surface area contributed by atoms with Gasteiger partial charge in [-0.3, -0.25) is 0 Å². The molecule has 0 aliphatic heterocycles. The van der Waals surface area contributed by atoms with E-state index in [1.165, 1.54) is 19.2 Å². The van der Waals surface area contributed by atoms with Gasteiger partial charge in [-0.05, 0) is 43.1 Å². The number of hydrogen-bond acceptors (Lipinski definition) is 3. The second-order valence-electron chi connectivity index (χ2n) is 4.32. The van der Waals surface area contributed by atoms with Gasteiger partial charge in [-0.25, -0.2) is 9.97 Å². The summed E-state index contributed by atoms with van der Waals surface area (Å²) in [6, 6.07) is 4.01. The lowest BCUT2D eigenvalue weighted by molar-refractivity contribution is -0.138. The normalized spacial score (nSPS) is 11.5. The Morgan fingerprint density at radius 2 is 1.85 bits per heavy atom. The summed E-state index contributed by atoms with van der Waals surface area (Å²) >= 11 is 5.67. The molecule has 2 rings (SSSR count). The molecule has 0 unspecified atom stereocenters. The van der Waals surface area contributed by atoms with Gasteiger partial charge in [0, 0.05) is 17.4 Å². The molecule has 2 aromatic rings. The first kappa shape index (κ1) is 14.6. The lowest BCUT2D eigenvalue weighted by Crippen LogP contribution is -2.08. The van der Waals surface area contributed by atoms with E-state index in [9.17, 15) is 13.2 Å². The van der Waals surface area contributed by atoms with Crippen LogP contribution in [0.3, 0.4) is 0 Å². The lowest BCUT2D eigenvalue weighted by Gasteiger charge is -2.13. The van der Waals surface area contributed by atoms with Crippen LogP contribution in [0.25, 0.3) is 0 Å². The SMILES string of the molecule is Cc1ccc(Nc2nc(Cl)ncc2C)cc1C(F)(F)F. The van der Waals surface area contributed by atoms with Crippen molar-refractivity contribution in [2.45, 2.75) is 20.0 Å². The molecule has 0 radical (unpaired) electrons. The van der Waals surface area contributed by atoms with Crippen molar-refractivity contribution in [3.05, 3.63) is 46.4 Å². The first-order valence-electron chi connectivity index (χ1n) is 5.71. The van der Waals surface area contributed by atoms with Gasteiger partial charge in [-0.1, -0.05) is 6.07 Å². The number of aromatic nitrogens is 2. The van der Waals surface area contributed by atoms with Crippen molar-refractivity contribution in [3.63, 3.8) is 0 Å². The zero-order chi connectivity index (χ0) is 14.9. The van der Waals surface area contributed by atoms with Gasteiger partial charge >= 0.3 is 6.18 Å². The summed E-state index contributed by atoms with van der Waals surface area (Å²) in [5.41, 5.74) is 0.463. The van der Waals surface area contributed by atoms with E-state index in [0.29, 0.717) is 17.1 Å². The van der Waals surface area contributed by atoms with Crippen molar-refractivity contribution in [1.29, 1.82) is 0 Å². The topological polar surface area (TPSA) is 37.8 Å². The standard InChI is InChI=1S/C13H11ClF3N3/c1-7-3-4-9(5-10(7)13(15,16)17)19-11-8(2)6-18-12(14)20-11/h3-6H,1-2H3,(H,18,19,20). The third-order valence-electron chi connectivity index (χ3n) is 2.75. The van der Waals surface area contributed by atoms with Crippen LogP contribution in [0.15, 0.2) is 24.4 Å². The molecule has 1 heterocycles. The Labute approximate surface area is 118 Å². The Kier molecular flexibility index (Phi) is 3.85. The Bertz CT molecular complexity index is 641. The van der Waals surface area contributed by atoms with E-state index in [0.717, 1.165) is 6.07 Å². The fourth-order valence-electron chi connectivity index (χ4n) is 1.69. The maximum Gasteiger partial charge on any atom is 0.416 e. The van der Waals surface area contributed by atoms with E-state index in [1.807, 2.05) is 0 Å². The fraction of sp³-hybridized carbons (Fsp3) is 0.231. The van der Waals surface area contributed by atoms with Crippen molar-refractivity contribution in [1.82, 2.24) is 9.97 Å². The number of rotatable bonds is 2. The van der Waals surface area contributed by atoms with Crippen LogP contribution in [-0.4, -0.2) is 9.97 Å². The number of halogens is 4. The Balaban J connectivity index is 2.37. The van der Waals surface area contributed by atoms with E-state index >= 15 is 0 Å². The molecule has 0 saturated heterocycles. The van der Waals surface area contributed by atoms with Gasteiger partial charge in [0.15, 0.2) is 0 Å². The Morgan fingerprint density at radius 1 is 1.15 bits per heavy atom. The molecular formula is C13H11ClF3N3. The smallest absolute Gasteiger partial charge is 0.340 e. The van der Waals surface area contributed by atoms with Crippen molar-refractivity contribution in [3.8, 4) is 0 Å². The highest BCUT2D eigenvalue weighted by Gasteiger charge is 2.32. The van der Waals surface area contributed by atoms with Gasteiger partial charge in [0.1, 0.15) is 5.82 Å². The Hall–Kier alpha value is -1.82. The highest BCUT2D eigenvalue weighted by Crippen LogP contribution is 2.34. The molecular weight excluding hydrogens is 291 g/mol. The summed E-state index contributed by atoms with van der Waals surface area (Å²) in [4.78, 5) is 7.73. The van der Waals surface area contributed by atoms with Crippen LogP contribution in [0.5, 0.6) is 0 Å². The summed E-state index contributed by atoms with van der Waals surface area (Å²) in [5.74, 6) is 0.377. The predicted octanol–water partition coefficient (Wildman–Crippen LogP) is 4.51. The monoisotopic (exact) mass is 301 g/mol. The van der Waals surface area contributed by atoms with Crippen LogP contribution >= 0.6 is 11.6 Å². The molecule has 0 atom stereocenters. The van der Waals surface area contributed by atoms with Gasteiger partial charge in [0.05, 0.1) is 5.56 Å². The van der Waals surface area contributed by atoms with Gasteiger partial charge < -0.3 is 5.32 Å². The first-order valence-corrected chi connectivity index (χ1v) is 6.09. The highest BCUT2D eigenvalue weighted by molar-refractivity contribution is 6.28. The minimum absolute atomic E-state index is 0.0289. The quantitative estimate of drug-likeness (QED) is 0.829. The fourth-order valence-corrected chi connectivity index (χ4v) is 1.82. The molecule has 0 fully saturated rings. The zero-order valence-electron chi connectivity index (χ0n) is 10.7. The largest absolute Gasteiger partial charge is 0.416 e. The second kappa shape index (κ2) is 5.28. The van der Waals surface area contributed by atoms with Crippen molar-refractivity contribution >= 4 is 23.1 Å². The van der Waals surface area contributed by atoms with E-state index in [2.05, 4.69) is 15.3 Å². The van der Waals surface area contributed by atoms with Crippen molar-refractivity contribution in [2.75, 3.05) is 5.32 Å². The minimum Gasteiger partial charge on any atom is -0.340 e. The molecule has 1 aromatic heterocycles. The third-order valence-corrected chi connectivity index (χ3v) is 2.93. The number of anilines is 2. The predicted molar refractivity (Wildman–Crippen MR) is 71.2 cm³/mol. The molecule has 0 aliphatic carbocycles. The summed E-state index contributed by atoms with van der Waals surface area (Å²) in [6.07, 6.45) is -2.89. The van der Waals surface area contributed by atoms with Crippen LogP contribution in [0.1, 0.15) is 16.7 Å².